The highest BCUT2D eigenvalue weighted by atomic mass is 79.9. The molecule has 0 aliphatic carbocycles. The molecule has 0 unspecified atom stereocenters. The van der Waals surface area contributed by atoms with E-state index < -0.39 is 16.6 Å². The summed E-state index contributed by atoms with van der Waals surface area (Å²) in [6.07, 6.45) is -0.396. The number of benzene rings is 1. The number of nitro benzene ring substituents is 1. The maximum atomic E-state index is 11.8. The Morgan fingerprint density at radius 2 is 2.09 bits per heavy atom. The van der Waals surface area contributed by atoms with Gasteiger partial charge in [0.05, 0.1) is 4.92 Å². The Morgan fingerprint density at radius 3 is 2.65 bits per heavy atom. The minimum atomic E-state index is -0.532. The first kappa shape index (κ1) is 19.4. The molecule has 1 rings (SSSR count). The number of rotatable bonds is 6. The van der Waals surface area contributed by atoms with Gasteiger partial charge in [0.1, 0.15) is 5.60 Å². The number of nitrogens with one attached hydrogen (secondary N) is 1. The Morgan fingerprint density at radius 1 is 1.43 bits per heavy atom. The van der Waals surface area contributed by atoms with E-state index in [0.29, 0.717) is 25.2 Å². The van der Waals surface area contributed by atoms with E-state index in [1.165, 1.54) is 11.0 Å². The van der Waals surface area contributed by atoms with Crippen LogP contribution in [-0.2, 0) is 11.3 Å². The largest absolute Gasteiger partial charge is 0.444 e. The van der Waals surface area contributed by atoms with Crippen molar-refractivity contribution in [2.24, 2.45) is 0 Å². The van der Waals surface area contributed by atoms with Crippen molar-refractivity contribution < 1.29 is 14.5 Å². The number of carbonyl (C=O) groups excluding carboxylic acids is 1. The zero-order chi connectivity index (χ0) is 17.6. The number of hydrogen-bond donors (Lipinski definition) is 1. The number of hydrogen-bond acceptors (Lipinski definition) is 5. The predicted octanol–water partition coefficient (Wildman–Crippen LogP) is 3.31. The van der Waals surface area contributed by atoms with Crippen molar-refractivity contribution in [1.82, 2.24) is 10.2 Å². The minimum Gasteiger partial charge on any atom is -0.444 e. The predicted molar refractivity (Wildman–Crippen MR) is 91.4 cm³/mol. The van der Waals surface area contributed by atoms with Crippen molar-refractivity contribution in [3.63, 3.8) is 0 Å². The number of carbonyl (C=O) groups is 1. The summed E-state index contributed by atoms with van der Waals surface area (Å²) in [6.45, 7) is 6.71. The lowest BCUT2D eigenvalue weighted by molar-refractivity contribution is -0.385. The summed E-state index contributed by atoms with van der Waals surface area (Å²) < 4.78 is 6.03. The molecular formula is C15H22BrN3O4. The van der Waals surface area contributed by atoms with Crippen LogP contribution in [0.1, 0.15) is 26.3 Å². The number of nitro groups is 1. The van der Waals surface area contributed by atoms with Gasteiger partial charge in [0.25, 0.3) is 5.69 Å². The lowest BCUT2D eigenvalue weighted by Gasteiger charge is -2.24. The van der Waals surface area contributed by atoms with Crippen LogP contribution >= 0.6 is 15.9 Å². The molecule has 0 radical (unpaired) electrons. The van der Waals surface area contributed by atoms with E-state index in [0.717, 1.165) is 4.47 Å². The maximum absolute atomic E-state index is 11.8. The normalized spacial score (nSPS) is 11.2. The van der Waals surface area contributed by atoms with E-state index in [1.807, 2.05) is 20.8 Å². The molecule has 0 aromatic heterocycles. The number of likely N-dealkylation sites (N-methyl/N-ethyl adjacent to an activating group) is 1. The number of halogens is 1. The standard InChI is InChI=1S/C15H22BrN3O4/c1-15(2,3)23-14(20)18(4)8-7-17-10-11-9-12(16)5-6-13(11)19(21)22/h5-6,9,17H,7-8,10H2,1-4H3. The summed E-state index contributed by atoms with van der Waals surface area (Å²) in [6, 6.07) is 4.81. The van der Waals surface area contributed by atoms with Crippen molar-refractivity contribution in [3.8, 4) is 0 Å². The molecule has 0 aliphatic rings. The third-order valence-corrected chi connectivity index (χ3v) is 3.38. The van der Waals surface area contributed by atoms with Crippen LogP contribution in [0.25, 0.3) is 0 Å². The van der Waals surface area contributed by atoms with E-state index in [4.69, 9.17) is 4.74 Å². The van der Waals surface area contributed by atoms with Crippen molar-refractivity contribution in [1.29, 1.82) is 0 Å². The molecule has 23 heavy (non-hydrogen) atoms. The SMILES string of the molecule is CN(CCNCc1cc(Br)ccc1[N+](=O)[O-])C(=O)OC(C)(C)C. The molecule has 0 heterocycles. The molecule has 0 fully saturated rings. The lowest BCUT2D eigenvalue weighted by atomic mass is 10.2. The first-order chi connectivity index (χ1) is 10.6. The molecule has 0 spiro atoms. The zero-order valence-electron chi connectivity index (χ0n) is 13.8. The monoisotopic (exact) mass is 387 g/mol. The van der Waals surface area contributed by atoms with Gasteiger partial charge in [0, 0.05) is 42.8 Å². The van der Waals surface area contributed by atoms with Gasteiger partial charge in [-0.15, -0.1) is 0 Å². The van der Waals surface area contributed by atoms with Crippen molar-refractivity contribution in [2.75, 3.05) is 20.1 Å². The summed E-state index contributed by atoms with van der Waals surface area (Å²) in [7, 11) is 1.65. The van der Waals surface area contributed by atoms with Gasteiger partial charge in [-0.3, -0.25) is 10.1 Å². The van der Waals surface area contributed by atoms with Crippen molar-refractivity contribution in [3.05, 3.63) is 38.3 Å². The zero-order valence-corrected chi connectivity index (χ0v) is 15.3. The first-order valence-electron chi connectivity index (χ1n) is 7.18. The summed E-state index contributed by atoms with van der Waals surface area (Å²) >= 11 is 3.30. The summed E-state index contributed by atoms with van der Waals surface area (Å²) in [4.78, 5) is 23.8. The van der Waals surface area contributed by atoms with Crippen LogP contribution in [0.3, 0.4) is 0 Å². The van der Waals surface area contributed by atoms with E-state index in [-0.39, 0.29) is 5.69 Å². The fourth-order valence-corrected chi connectivity index (χ4v) is 2.18. The third-order valence-electron chi connectivity index (χ3n) is 2.88. The number of ether oxygens (including phenoxy) is 1. The van der Waals surface area contributed by atoms with E-state index in [1.54, 1.807) is 19.2 Å². The fourth-order valence-electron chi connectivity index (χ4n) is 1.77. The van der Waals surface area contributed by atoms with Crippen LogP contribution in [0.2, 0.25) is 0 Å². The fraction of sp³-hybridized carbons (Fsp3) is 0.533. The van der Waals surface area contributed by atoms with Gasteiger partial charge in [-0.25, -0.2) is 4.79 Å². The molecule has 128 valence electrons. The van der Waals surface area contributed by atoms with Gasteiger partial charge in [-0.05, 0) is 32.9 Å². The Kier molecular flexibility index (Phi) is 6.96. The van der Waals surface area contributed by atoms with Gasteiger partial charge >= 0.3 is 6.09 Å². The molecule has 0 aliphatic heterocycles. The van der Waals surface area contributed by atoms with Crippen LogP contribution in [-0.4, -0.2) is 41.7 Å². The third kappa shape index (κ3) is 6.96. The van der Waals surface area contributed by atoms with E-state index >= 15 is 0 Å². The second-order valence-electron chi connectivity index (χ2n) is 6.11. The molecule has 1 amide bonds. The second kappa shape index (κ2) is 8.26. The average Bonchev–Trinajstić information content (AvgIpc) is 2.41. The van der Waals surface area contributed by atoms with Gasteiger partial charge in [0.2, 0.25) is 0 Å². The topological polar surface area (TPSA) is 84.7 Å². The molecule has 8 heteroatoms. The van der Waals surface area contributed by atoms with E-state index in [9.17, 15) is 14.9 Å². The molecule has 1 aromatic carbocycles. The maximum Gasteiger partial charge on any atom is 0.410 e. The Balaban J connectivity index is 2.48. The number of amides is 1. The highest BCUT2D eigenvalue weighted by Crippen LogP contribution is 2.22. The highest BCUT2D eigenvalue weighted by Gasteiger charge is 2.19. The van der Waals surface area contributed by atoms with Crippen molar-refractivity contribution in [2.45, 2.75) is 32.9 Å². The first-order valence-corrected chi connectivity index (χ1v) is 7.97. The summed E-state index contributed by atoms with van der Waals surface area (Å²) in [5.41, 5.74) is 0.126. The number of nitrogens with zero attached hydrogens (tertiary/aromatic N) is 2. The summed E-state index contributed by atoms with van der Waals surface area (Å²) in [5, 5.41) is 14.1. The van der Waals surface area contributed by atoms with Crippen LogP contribution in [0.5, 0.6) is 0 Å². The van der Waals surface area contributed by atoms with Gasteiger partial charge in [-0.2, -0.15) is 0 Å². The Hall–Kier alpha value is -1.67. The Bertz CT molecular complexity index is 572. The van der Waals surface area contributed by atoms with Gasteiger partial charge < -0.3 is 15.0 Å². The average molecular weight is 388 g/mol. The van der Waals surface area contributed by atoms with Crippen LogP contribution < -0.4 is 5.32 Å². The summed E-state index contributed by atoms with van der Waals surface area (Å²) in [5.74, 6) is 0. The molecular weight excluding hydrogens is 366 g/mol. The molecule has 0 bridgehead atoms. The molecule has 0 saturated carbocycles. The van der Waals surface area contributed by atoms with Gasteiger partial charge in [-0.1, -0.05) is 15.9 Å². The minimum absolute atomic E-state index is 0.0706. The van der Waals surface area contributed by atoms with Gasteiger partial charge in [0.15, 0.2) is 0 Å². The van der Waals surface area contributed by atoms with E-state index in [2.05, 4.69) is 21.2 Å². The quantitative estimate of drug-likeness (QED) is 0.459. The second-order valence-corrected chi connectivity index (χ2v) is 7.02. The van der Waals surface area contributed by atoms with Crippen LogP contribution in [0.4, 0.5) is 10.5 Å². The van der Waals surface area contributed by atoms with Crippen molar-refractivity contribution >= 4 is 27.7 Å². The van der Waals surface area contributed by atoms with Crippen LogP contribution in [0.15, 0.2) is 22.7 Å². The highest BCUT2D eigenvalue weighted by molar-refractivity contribution is 9.10. The molecule has 1 aromatic rings. The smallest absolute Gasteiger partial charge is 0.410 e. The molecule has 1 N–H and O–H groups in total. The lowest BCUT2D eigenvalue weighted by Crippen LogP contribution is -2.37. The molecule has 7 nitrogen and oxygen atoms in total. The molecule has 0 atom stereocenters. The van der Waals surface area contributed by atoms with Crippen LogP contribution in [0, 0.1) is 10.1 Å². The molecule has 0 saturated heterocycles. The Labute approximate surface area is 144 Å².